The highest BCUT2D eigenvalue weighted by Gasteiger charge is 2.19. The molecule has 1 aromatic rings. The van der Waals surface area contributed by atoms with E-state index < -0.39 is 0 Å². The van der Waals surface area contributed by atoms with Gasteiger partial charge in [-0.25, -0.2) is 0 Å². The molecule has 0 fully saturated rings. The van der Waals surface area contributed by atoms with Crippen LogP contribution >= 0.6 is 0 Å². The van der Waals surface area contributed by atoms with Crippen LogP contribution in [0.25, 0.3) is 0 Å². The van der Waals surface area contributed by atoms with E-state index in [-0.39, 0.29) is 10.6 Å². The van der Waals surface area contributed by atoms with Gasteiger partial charge in [-0.05, 0) is 24.5 Å². The van der Waals surface area contributed by atoms with E-state index >= 15 is 0 Å². The molecule has 2 N–H and O–H groups in total. The Labute approximate surface area is 120 Å². The molecule has 0 saturated carbocycles. The van der Waals surface area contributed by atoms with Crippen molar-refractivity contribution < 1.29 is 4.92 Å². The van der Waals surface area contributed by atoms with Crippen LogP contribution < -0.4 is 10.6 Å². The van der Waals surface area contributed by atoms with Crippen molar-refractivity contribution in [2.45, 2.75) is 40.0 Å². The van der Waals surface area contributed by atoms with Crippen LogP contribution in [-0.2, 0) is 0 Å². The Balaban J connectivity index is 2.91. The number of para-hydroxylation sites is 1. The first-order valence-corrected chi connectivity index (χ1v) is 7.39. The van der Waals surface area contributed by atoms with Gasteiger partial charge in [0.15, 0.2) is 0 Å². The van der Waals surface area contributed by atoms with Crippen LogP contribution in [0.3, 0.4) is 0 Å². The SMILES string of the molecule is CCCNc1cccc(NCC(CC)CC)c1[N+](=O)[O-]. The highest BCUT2D eigenvalue weighted by Crippen LogP contribution is 2.33. The molecule has 5 heteroatoms. The zero-order valence-electron chi connectivity index (χ0n) is 12.6. The molecule has 0 aliphatic rings. The van der Waals surface area contributed by atoms with Crippen molar-refractivity contribution in [2.24, 2.45) is 5.92 Å². The summed E-state index contributed by atoms with van der Waals surface area (Å²) in [6.07, 6.45) is 3.08. The molecular weight excluding hydrogens is 254 g/mol. The maximum Gasteiger partial charge on any atom is 0.315 e. The zero-order valence-corrected chi connectivity index (χ0v) is 12.6. The molecule has 0 aliphatic carbocycles. The summed E-state index contributed by atoms with van der Waals surface area (Å²) < 4.78 is 0. The maximum atomic E-state index is 11.3. The second kappa shape index (κ2) is 8.40. The molecule has 20 heavy (non-hydrogen) atoms. The third kappa shape index (κ3) is 4.40. The van der Waals surface area contributed by atoms with Gasteiger partial charge in [0.2, 0.25) is 0 Å². The minimum absolute atomic E-state index is 0.145. The van der Waals surface area contributed by atoms with E-state index in [9.17, 15) is 10.1 Å². The van der Waals surface area contributed by atoms with Gasteiger partial charge in [-0.1, -0.05) is 39.7 Å². The standard InChI is InChI=1S/C15H25N3O2/c1-4-10-16-13-8-7-9-14(15(13)18(19)20)17-11-12(5-2)6-3/h7-9,12,16-17H,4-6,10-11H2,1-3H3. The molecule has 0 radical (unpaired) electrons. The van der Waals surface area contributed by atoms with Gasteiger partial charge in [-0.15, -0.1) is 0 Å². The van der Waals surface area contributed by atoms with Crippen LogP contribution in [0.5, 0.6) is 0 Å². The Bertz CT molecular complexity index is 431. The minimum Gasteiger partial charge on any atom is -0.379 e. The smallest absolute Gasteiger partial charge is 0.315 e. The largest absolute Gasteiger partial charge is 0.379 e. The fourth-order valence-electron chi connectivity index (χ4n) is 2.12. The number of nitrogens with one attached hydrogen (secondary N) is 2. The van der Waals surface area contributed by atoms with Gasteiger partial charge in [0.1, 0.15) is 11.4 Å². The minimum atomic E-state index is -0.312. The number of nitro groups is 1. The van der Waals surface area contributed by atoms with Gasteiger partial charge in [0.25, 0.3) is 0 Å². The van der Waals surface area contributed by atoms with Crippen molar-refractivity contribution in [3.05, 3.63) is 28.3 Å². The Hall–Kier alpha value is -1.78. The normalized spacial score (nSPS) is 10.6. The van der Waals surface area contributed by atoms with Gasteiger partial charge in [0.05, 0.1) is 4.92 Å². The van der Waals surface area contributed by atoms with E-state index in [1.54, 1.807) is 12.1 Å². The summed E-state index contributed by atoms with van der Waals surface area (Å²) in [6.45, 7) is 7.82. The summed E-state index contributed by atoms with van der Waals surface area (Å²) in [7, 11) is 0. The third-order valence-electron chi connectivity index (χ3n) is 3.52. The van der Waals surface area contributed by atoms with Crippen LogP contribution in [0.1, 0.15) is 40.0 Å². The van der Waals surface area contributed by atoms with Crippen molar-refractivity contribution in [3.8, 4) is 0 Å². The molecule has 0 aromatic heterocycles. The first kappa shape index (κ1) is 16.3. The molecule has 0 amide bonds. The van der Waals surface area contributed by atoms with E-state index in [1.165, 1.54) is 0 Å². The number of hydrogen-bond donors (Lipinski definition) is 2. The zero-order chi connectivity index (χ0) is 15.0. The average molecular weight is 279 g/mol. The predicted molar refractivity (Wildman–Crippen MR) is 84.4 cm³/mol. The molecular formula is C15H25N3O2. The van der Waals surface area contributed by atoms with E-state index in [2.05, 4.69) is 24.5 Å². The van der Waals surface area contributed by atoms with Gasteiger partial charge in [-0.2, -0.15) is 0 Å². The van der Waals surface area contributed by atoms with E-state index in [0.717, 1.165) is 32.4 Å². The molecule has 112 valence electrons. The predicted octanol–water partition coefficient (Wildman–Crippen LogP) is 4.26. The molecule has 0 bridgehead atoms. The van der Waals surface area contributed by atoms with Crippen LogP contribution in [0.2, 0.25) is 0 Å². The van der Waals surface area contributed by atoms with Gasteiger partial charge < -0.3 is 10.6 Å². The van der Waals surface area contributed by atoms with Crippen LogP contribution in [-0.4, -0.2) is 18.0 Å². The third-order valence-corrected chi connectivity index (χ3v) is 3.52. The summed E-state index contributed by atoms with van der Waals surface area (Å²) in [5.41, 5.74) is 1.33. The molecule has 1 rings (SSSR count). The second-order valence-electron chi connectivity index (χ2n) is 4.95. The van der Waals surface area contributed by atoms with Crippen molar-refractivity contribution >= 4 is 17.1 Å². The molecule has 0 unspecified atom stereocenters. The Morgan fingerprint density at radius 2 is 1.75 bits per heavy atom. The highest BCUT2D eigenvalue weighted by molar-refractivity contribution is 5.76. The van der Waals surface area contributed by atoms with Gasteiger partial charge >= 0.3 is 5.69 Å². The van der Waals surface area contributed by atoms with E-state index in [0.29, 0.717) is 17.3 Å². The maximum absolute atomic E-state index is 11.3. The number of rotatable bonds is 9. The first-order valence-electron chi connectivity index (χ1n) is 7.39. The fourth-order valence-corrected chi connectivity index (χ4v) is 2.12. The molecule has 0 spiro atoms. The van der Waals surface area contributed by atoms with Crippen molar-refractivity contribution in [2.75, 3.05) is 23.7 Å². The fraction of sp³-hybridized carbons (Fsp3) is 0.600. The molecule has 0 aliphatic heterocycles. The van der Waals surface area contributed by atoms with Crippen LogP contribution in [0.4, 0.5) is 17.1 Å². The monoisotopic (exact) mass is 279 g/mol. The summed E-state index contributed by atoms with van der Waals surface area (Å²) >= 11 is 0. The lowest BCUT2D eigenvalue weighted by Gasteiger charge is -2.15. The lowest BCUT2D eigenvalue weighted by Crippen LogP contribution is -2.14. The highest BCUT2D eigenvalue weighted by atomic mass is 16.6. The second-order valence-corrected chi connectivity index (χ2v) is 4.95. The van der Waals surface area contributed by atoms with Gasteiger partial charge in [0, 0.05) is 13.1 Å². The summed E-state index contributed by atoms with van der Waals surface area (Å²) in [5, 5.41) is 17.7. The van der Waals surface area contributed by atoms with Crippen molar-refractivity contribution in [1.29, 1.82) is 0 Å². The topological polar surface area (TPSA) is 67.2 Å². The van der Waals surface area contributed by atoms with Crippen LogP contribution in [0.15, 0.2) is 18.2 Å². The quantitative estimate of drug-likeness (QED) is 0.523. The number of anilines is 2. The molecule has 0 heterocycles. The average Bonchev–Trinajstić information content (AvgIpc) is 2.45. The molecule has 0 saturated heterocycles. The number of nitrogens with zero attached hydrogens (tertiary/aromatic N) is 1. The summed E-state index contributed by atoms with van der Waals surface area (Å²) in [5.74, 6) is 0.543. The van der Waals surface area contributed by atoms with Gasteiger partial charge in [-0.3, -0.25) is 10.1 Å². The van der Waals surface area contributed by atoms with Crippen molar-refractivity contribution in [1.82, 2.24) is 0 Å². The lowest BCUT2D eigenvalue weighted by atomic mass is 10.0. The molecule has 5 nitrogen and oxygen atoms in total. The Morgan fingerprint density at radius 3 is 2.25 bits per heavy atom. The summed E-state index contributed by atoms with van der Waals surface area (Å²) in [6, 6.07) is 5.38. The van der Waals surface area contributed by atoms with E-state index in [1.807, 2.05) is 13.0 Å². The lowest BCUT2D eigenvalue weighted by molar-refractivity contribution is -0.383. The van der Waals surface area contributed by atoms with Crippen LogP contribution in [0, 0.1) is 16.0 Å². The number of nitro benzene ring substituents is 1. The number of hydrogen-bond acceptors (Lipinski definition) is 4. The van der Waals surface area contributed by atoms with Crippen molar-refractivity contribution in [3.63, 3.8) is 0 Å². The Kier molecular flexibility index (Phi) is 6.84. The molecule has 0 atom stereocenters. The van der Waals surface area contributed by atoms with E-state index in [4.69, 9.17) is 0 Å². The summed E-state index contributed by atoms with van der Waals surface area (Å²) in [4.78, 5) is 11.0. The first-order chi connectivity index (χ1) is 9.63. The molecule has 1 aromatic carbocycles. The number of benzene rings is 1. The Morgan fingerprint density at radius 1 is 1.15 bits per heavy atom.